The van der Waals surface area contributed by atoms with Crippen LogP contribution in [-0.4, -0.2) is 15.1 Å². The first kappa shape index (κ1) is 13.3. The number of halogens is 1. The zero-order chi connectivity index (χ0) is 14.8. The van der Waals surface area contributed by atoms with Crippen LogP contribution in [0.2, 0.25) is 5.02 Å². The third-order valence-electron chi connectivity index (χ3n) is 2.83. The Labute approximate surface area is 124 Å². The summed E-state index contributed by atoms with van der Waals surface area (Å²) in [5.41, 5.74) is 1.36. The van der Waals surface area contributed by atoms with Gasteiger partial charge in [-0.15, -0.1) is 0 Å². The number of hydrogen-bond donors (Lipinski definition) is 0. The molecule has 0 aliphatic heterocycles. The van der Waals surface area contributed by atoms with Gasteiger partial charge in [0.1, 0.15) is 0 Å². The molecule has 6 nitrogen and oxygen atoms in total. The van der Waals surface area contributed by atoms with Crippen LogP contribution in [0.15, 0.2) is 53.1 Å². The van der Waals surface area contributed by atoms with Gasteiger partial charge in [-0.3, -0.25) is 10.1 Å². The molecule has 104 valence electrons. The predicted octanol–water partition coefficient (Wildman–Crippen LogP) is 3.97. The van der Waals surface area contributed by atoms with Crippen LogP contribution >= 0.6 is 11.6 Å². The van der Waals surface area contributed by atoms with Gasteiger partial charge in [0.2, 0.25) is 5.82 Å². The van der Waals surface area contributed by atoms with Crippen molar-refractivity contribution < 1.29 is 9.45 Å². The summed E-state index contributed by atoms with van der Waals surface area (Å²) in [6.07, 6.45) is 0. The SMILES string of the molecule is O=[N+]([O-])c1ccc(-c2noc(-c3cccc(Cl)c3)n2)cc1. The highest BCUT2D eigenvalue weighted by molar-refractivity contribution is 6.30. The quantitative estimate of drug-likeness (QED) is 0.540. The van der Waals surface area contributed by atoms with Crippen LogP contribution in [-0.2, 0) is 0 Å². The zero-order valence-corrected chi connectivity index (χ0v) is 11.3. The van der Waals surface area contributed by atoms with E-state index in [1.165, 1.54) is 12.1 Å². The Balaban J connectivity index is 1.93. The van der Waals surface area contributed by atoms with E-state index in [0.29, 0.717) is 27.9 Å². The van der Waals surface area contributed by atoms with Crippen molar-refractivity contribution in [2.24, 2.45) is 0 Å². The summed E-state index contributed by atoms with van der Waals surface area (Å²) in [7, 11) is 0. The number of aromatic nitrogens is 2. The van der Waals surface area contributed by atoms with E-state index in [1.54, 1.807) is 36.4 Å². The fraction of sp³-hybridized carbons (Fsp3) is 0. The van der Waals surface area contributed by atoms with Gasteiger partial charge in [0.05, 0.1) is 4.92 Å². The summed E-state index contributed by atoms with van der Waals surface area (Å²) in [6, 6.07) is 13.0. The number of benzene rings is 2. The van der Waals surface area contributed by atoms with Crippen molar-refractivity contribution >= 4 is 17.3 Å². The summed E-state index contributed by atoms with van der Waals surface area (Å²) in [5.74, 6) is 0.700. The fourth-order valence-corrected chi connectivity index (χ4v) is 2.00. The Kier molecular flexibility index (Phi) is 3.37. The van der Waals surface area contributed by atoms with E-state index in [4.69, 9.17) is 16.1 Å². The number of hydrogen-bond acceptors (Lipinski definition) is 5. The van der Waals surface area contributed by atoms with Crippen LogP contribution in [0.1, 0.15) is 0 Å². The third kappa shape index (κ3) is 2.75. The van der Waals surface area contributed by atoms with Gasteiger partial charge in [-0.1, -0.05) is 22.8 Å². The highest BCUT2D eigenvalue weighted by atomic mass is 35.5. The van der Waals surface area contributed by atoms with E-state index in [1.807, 2.05) is 0 Å². The van der Waals surface area contributed by atoms with Gasteiger partial charge in [0, 0.05) is 28.3 Å². The summed E-state index contributed by atoms with van der Waals surface area (Å²) in [4.78, 5) is 14.4. The van der Waals surface area contributed by atoms with Crippen molar-refractivity contribution in [2.45, 2.75) is 0 Å². The highest BCUT2D eigenvalue weighted by Crippen LogP contribution is 2.25. The number of nitrogens with zero attached hydrogens (tertiary/aromatic N) is 3. The van der Waals surface area contributed by atoms with E-state index in [9.17, 15) is 10.1 Å². The molecule has 0 N–H and O–H groups in total. The Hall–Kier alpha value is -2.73. The second kappa shape index (κ2) is 5.34. The van der Waals surface area contributed by atoms with Crippen LogP contribution in [0.3, 0.4) is 0 Å². The summed E-state index contributed by atoms with van der Waals surface area (Å²) in [6.45, 7) is 0. The van der Waals surface area contributed by atoms with Crippen LogP contribution in [0.25, 0.3) is 22.8 Å². The van der Waals surface area contributed by atoms with Crippen molar-refractivity contribution in [3.05, 3.63) is 63.7 Å². The van der Waals surface area contributed by atoms with Crippen molar-refractivity contribution in [3.63, 3.8) is 0 Å². The molecule has 1 aromatic heterocycles. The molecule has 0 radical (unpaired) electrons. The molecule has 0 saturated carbocycles. The van der Waals surface area contributed by atoms with Gasteiger partial charge in [0.25, 0.3) is 11.6 Å². The minimum Gasteiger partial charge on any atom is -0.334 e. The van der Waals surface area contributed by atoms with Crippen LogP contribution in [0.4, 0.5) is 5.69 Å². The molecule has 3 aromatic rings. The molecule has 0 unspecified atom stereocenters. The van der Waals surface area contributed by atoms with Gasteiger partial charge in [-0.25, -0.2) is 0 Å². The first-order valence-electron chi connectivity index (χ1n) is 5.98. The van der Waals surface area contributed by atoms with Crippen molar-refractivity contribution in [2.75, 3.05) is 0 Å². The molecule has 0 aliphatic rings. The van der Waals surface area contributed by atoms with Crippen LogP contribution in [0.5, 0.6) is 0 Å². The van der Waals surface area contributed by atoms with E-state index in [2.05, 4.69) is 10.1 Å². The van der Waals surface area contributed by atoms with E-state index >= 15 is 0 Å². The van der Waals surface area contributed by atoms with Crippen molar-refractivity contribution in [1.82, 2.24) is 10.1 Å². The molecule has 0 aliphatic carbocycles. The van der Waals surface area contributed by atoms with E-state index in [-0.39, 0.29) is 5.69 Å². The molecule has 2 aromatic carbocycles. The first-order chi connectivity index (χ1) is 10.1. The average molecular weight is 302 g/mol. The molecule has 0 atom stereocenters. The molecule has 0 fully saturated rings. The molecule has 3 rings (SSSR count). The summed E-state index contributed by atoms with van der Waals surface area (Å²) >= 11 is 5.91. The van der Waals surface area contributed by atoms with Gasteiger partial charge < -0.3 is 4.52 Å². The minimum atomic E-state index is -0.461. The normalized spacial score (nSPS) is 10.5. The molecular weight excluding hydrogens is 294 g/mol. The third-order valence-corrected chi connectivity index (χ3v) is 3.07. The molecule has 0 bridgehead atoms. The van der Waals surface area contributed by atoms with Crippen molar-refractivity contribution in [1.29, 1.82) is 0 Å². The van der Waals surface area contributed by atoms with Crippen LogP contribution < -0.4 is 0 Å². The molecule has 1 heterocycles. The molecule has 0 spiro atoms. The molecule has 21 heavy (non-hydrogen) atoms. The summed E-state index contributed by atoms with van der Waals surface area (Å²) < 4.78 is 5.18. The second-order valence-corrected chi connectivity index (χ2v) is 4.67. The number of nitro benzene ring substituents is 1. The Morgan fingerprint density at radius 1 is 1.10 bits per heavy atom. The highest BCUT2D eigenvalue weighted by Gasteiger charge is 2.12. The topological polar surface area (TPSA) is 82.1 Å². The van der Waals surface area contributed by atoms with Crippen LogP contribution in [0, 0.1) is 10.1 Å². The largest absolute Gasteiger partial charge is 0.334 e. The molecular formula is C14H8ClN3O3. The fourth-order valence-electron chi connectivity index (χ4n) is 1.81. The predicted molar refractivity (Wildman–Crippen MR) is 76.8 cm³/mol. The maximum absolute atomic E-state index is 10.6. The minimum absolute atomic E-state index is 0.0114. The molecule has 7 heteroatoms. The van der Waals surface area contributed by atoms with Crippen molar-refractivity contribution in [3.8, 4) is 22.8 Å². The smallest absolute Gasteiger partial charge is 0.269 e. The molecule has 0 amide bonds. The Morgan fingerprint density at radius 2 is 1.86 bits per heavy atom. The number of non-ortho nitro benzene ring substituents is 1. The second-order valence-electron chi connectivity index (χ2n) is 4.24. The molecule has 0 saturated heterocycles. The van der Waals surface area contributed by atoms with E-state index < -0.39 is 4.92 Å². The van der Waals surface area contributed by atoms with Gasteiger partial charge in [-0.2, -0.15) is 4.98 Å². The Morgan fingerprint density at radius 3 is 2.52 bits per heavy atom. The van der Waals surface area contributed by atoms with Gasteiger partial charge in [-0.05, 0) is 30.3 Å². The summed E-state index contributed by atoms with van der Waals surface area (Å²) in [5, 5.41) is 15.1. The Bertz CT molecular complexity index is 799. The number of nitro groups is 1. The average Bonchev–Trinajstić information content (AvgIpc) is 2.97. The lowest BCUT2D eigenvalue weighted by Crippen LogP contribution is -1.87. The first-order valence-corrected chi connectivity index (χ1v) is 6.36. The lowest BCUT2D eigenvalue weighted by atomic mass is 10.2. The van der Waals surface area contributed by atoms with Gasteiger partial charge >= 0.3 is 0 Å². The lowest BCUT2D eigenvalue weighted by Gasteiger charge is -1.94. The number of rotatable bonds is 3. The van der Waals surface area contributed by atoms with E-state index in [0.717, 1.165) is 0 Å². The maximum atomic E-state index is 10.6. The standard InChI is InChI=1S/C14H8ClN3O3/c15-11-3-1-2-10(8-11)14-16-13(17-21-14)9-4-6-12(7-5-9)18(19)20/h1-8H. The van der Waals surface area contributed by atoms with Gasteiger partial charge in [0.15, 0.2) is 0 Å². The zero-order valence-electron chi connectivity index (χ0n) is 10.6. The monoisotopic (exact) mass is 301 g/mol. The maximum Gasteiger partial charge on any atom is 0.269 e. The lowest BCUT2D eigenvalue weighted by molar-refractivity contribution is -0.384.